The summed E-state index contributed by atoms with van der Waals surface area (Å²) in [6.07, 6.45) is 2.19. The van der Waals surface area contributed by atoms with Crippen molar-refractivity contribution >= 4 is 52.0 Å². The Morgan fingerprint density at radius 2 is 1.68 bits per heavy atom. The average molecular weight is 573 g/mol. The van der Waals surface area contributed by atoms with Gasteiger partial charge in [0.1, 0.15) is 11.6 Å². The molecule has 0 spiro atoms. The van der Waals surface area contributed by atoms with E-state index >= 15 is 0 Å². The van der Waals surface area contributed by atoms with Crippen LogP contribution in [0.25, 0.3) is 0 Å². The molecule has 200 valence electrons. The number of amidine groups is 1. The maximum Gasteiger partial charge on any atom is 0.328 e. The van der Waals surface area contributed by atoms with E-state index in [0.29, 0.717) is 28.0 Å². The normalized spacial score (nSPS) is 26.6. The number of benzene rings is 2. The second-order valence-corrected chi connectivity index (χ2v) is 11.9. The van der Waals surface area contributed by atoms with Gasteiger partial charge in [-0.2, -0.15) is 0 Å². The molecule has 1 saturated heterocycles. The molecule has 38 heavy (non-hydrogen) atoms. The van der Waals surface area contributed by atoms with E-state index in [1.165, 1.54) is 11.8 Å². The van der Waals surface area contributed by atoms with Crippen LogP contribution in [-0.4, -0.2) is 45.5 Å². The van der Waals surface area contributed by atoms with Crippen LogP contribution in [0.5, 0.6) is 0 Å². The molecule has 2 aromatic rings. The van der Waals surface area contributed by atoms with Crippen LogP contribution < -0.4 is 0 Å². The van der Waals surface area contributed by atoms with Crippen LogP contribution in [0.4, 0.5) is 0 Å². The first kappa shape index (κ1) is 27.1. The molecule has 3 aliphatic heterocycles. The van der Waals surface area contributed by atoms with Crippen molar-refractivity contribution in [2.75, 3.05) is 6.61 Å². The summed E-state index contributed by atoms with van der Waals surface area (Å²) in [7, 11) is 0. The standard InChI is InChI=1S/C29H31Cl2N3O3S/c1-5-22-15-16-23(27(36)37-6-2)34(22)26(35)24-17(3)33-25(18-7-11-20(30)12-8-18)29(4,32-28(33)38-24)19-9-13-21(31)14-10-19/h7-14,22-23,25H,5-6,15-16H2,1-4H3/t22?,23?,25-,29+/m1/s1. The van der Waals surface area contributed by atoms with E-state index in [-0.39, 0.29) is 24.0 Å². The van der Waals surface area contributed by atoms with Crippen LogP contribution in [0, 0.1) is 0 Å². The number of esters is 1. The van der Waals surface area contributed by atoms with E-state index in [0.717, 1.165) is 34.8 Å². The third-order valence-electron chi connectivity index (χ3n) is 7.78. The lowest BCUT2D eigenvalue weighted by Crippen LogP contribution is -2.46. The number of rotatable bonds is 6. The molecule has 1 fully saturated rings. The predicted molar refractivity (Wildman–Crippen MR) is 153 cm³/mol. The molecule has 1 amide bonds. The number of ether oxygens (including phenoxy) is 1. The Morgan fingerprint density at radius 3 is 2.29 bits per heavy atom. The third kappa shape index (κ3) is 4.52. The molecule has 0 N–H and O–H groups in total. The zero-order valence-corrected chi connectivity index (χ0v) is 24.2. The zero-order valence-electron chi connectivity index (χ0n) is 21.9. The Morgan fingerprint density at radius 1 is 1.05 bits per heavy atom. The van der Waals surface area contributed by atoms with Crippen molar-refractivity contribution < 1.29 is 14.3 Å². The highest BCUT2D eigenvalue weighted by molar-refractivity contribution is 8.18. The summed E-state index contributed by atoms with van der Waals surface area (Å²) in [5.41, 5.74) is 2.28. The topological polar surface area (TPSA) is 62.2 Å². The Kier molecular flexibility index (Phi) is 7.55. The van der Waals surface area contributed by atoms with E-state index < -0.39 is 11.6 Å². The van der Waals surface area contributed by atoms with Crippen molar-refractivity contribution in [1.29, 1.82) is 0 Å². The molecule has 2 aromatic carbocycles. The van der Waals surface area contributed by atoms with Gasteiger partial charge in [-0.05, 0) is 87.2 Å². The van der Waals surface area contributed by atoms with Crippen molar-refractivity contribution in [2.24, 2.45) is 4.99 Å². The summed E-state index contributed by atoms with van der Waals surface area (Å²) in [5.74, 6) is -0.458. The van der Waals surface area contributed by atoms with Gasteiger partial charge in [0.05, 0.1) is 17.6 Å². The van der Waals surface area contributed by atoms with Crippen molar-refractivity contribution in [2.45, 2.75) is 70.6 Å². The van der Waals surface area contributed by atoms with Gasteiger partial charge in [0, 0.05) is 21.8 Å². The Hall–Kier alpha value is -2.48. The molecule has 4 atom stereocenters. The van der Waals surface area contributed by atoms with E-state index in [2.05, 4.69) is 18.7 Å². The molecule has 9 heteroatoms. The Labute approximate surface area is 238 Å². The van der Waals surface area contributed by atoms with Gasteiger partial charge < -0.3 is 14.5 Å². The van der Waals surface area contributed by atoms with Crippen LogP contribution in [0.1, 0.15) is 64.1 Å². The summed E-state index contributed by atoms with van der Waals surface area (Å²) in [6.45, 7) is 8.21. The van der Waals surface area contributed by atoms with Crippen LogP contribution in [-0.2, 0) is 19.9 Å². The van der Waals surface area contributed by atoms with Crippen molar-refractivity contribution in [1.82, 2.24) is 9.80 Å². The summed E-state index contributed by atoms with van der Waals surface area (Å²) in [6, 6.07) is 14.8. The van der Waals surface area contributed by atoms with Gasteiger partial charge in [0.25, 0.3) is 5.91 Å². The number of carbonyl (C=O) groups is 2. The van der Waals surface area contributed by atoms with E-state index in [1.54, 1.807) is 11.8 Å². The Bertz CT molecular complexity index is 1310. The van der Waals surface area contributed by atoms with Crippen LogP contribution >= 0.6 is 35.0 Å². The van der Waals surface area contributed by atoms with Crippen LogP contribution in [0.15, 0.2) is 64.1 Å². The third-order valence-corrected chi connectivity index (χ3v) is 9.43. The molecule has 2 unspecified atom stereocenters. The summed E-state index contributed by atoms with van der Waals surface area (Å²) < 4.78 is 5.32. The number of amides is 1. The smallest absolute Gasteiger partial charge is 0.328 e. The first-order valence-corrected chi connectivity index (χ1v) is 14.6. The number of thioether (sulfide) groups is 1. The maximum absolute atomic E-state index is 14.1. The summed E-state index contributed by atoms with van der Waals surface area (Å²) >= 11 is 13.8. The van der Waals surface area contributed by atoms with Gasteiger partial charge in [-0.3, -0.25) is 4.79 Å². The lowest BCUT2D eigenvalue weighted by Gasteiger charge is -2.35. The molecule has 0 radical (unpaired) electrons. The highest BCUT2D eigenvalue weighted by Crippen LogP contribution is 2.55. The minimum atomic E-state index is -0.621. The van der Waals surface area contributed by atoms with Gasteiger partial charge in [-0.1, -0.05) is 54.4 Å². The number of halogens is 2. The first-order valence-electron chi connectivity index (χ1n) is 13.0. The minimum Gasteiger partial charge on any atom is -0.464 e. The maximum atomic E-state index is 14.1. The second kappa shape index (κ2) is 10.6. The molecular weight excluding hydrogens is 541 g/mol. The fourth-order valence-electron chi connectivity index (χ4n) is 5.86. The first-order chi connectivity index (χ1) is 18.2. The second-order valence-electron chi connectivity index (χ2n) is 10.0. The number of nitrogens with zero attached hydrogens (tertiary/aromatic N) is 3. The molecule has 3 heterocycles. The quantitative estimate of drug-likeness (QED) is 0.351. The molecule has 0 aromatic heterocycles. The molecule has 0 saturated carbocycles. The van der Waals surface area contributed by atoms with Gasteiger partial charge in [0.15, 0.2) is 5.17 Å². The highest BCUT2D eigenvalue weighted by Gasteiger charge is 2.53. The number of carbonyl (C=O) groups excluding carboxylic acids is 2. The van der Waals surface area contributed by atoms with Gasteiger partial charge in [-0.15, -0.1) is 0 Å². The van der Waals surface area contributed by atoms with Crippen molar-refractivity contribution in [3.8, 4) is 0 Å². The molecule has 5 rings (SSSR count). The van der Waals surface area contributed by atoms with Gasteiger partial charge >= 0.3 is 5.97 Å². The number of hydrogen-bond acceptors (Lipinski definition) is 6. The fraction of sp³-hybridized carbons (Fsp3) is 0.414. The number of allylic oxidation sites excluding steroid dienone is 1. The zero-order chi connectivity index (χ0) is 27.2. The van der Waals surface area contributed by atoms with E-state index in [4.69, 9.17) is 32.9 Å². The van der Waals surface area contributed by atoms with Crippen molar-refractivity contribution in [3.63, 3.8) is 0 Å². The van der Waals surface area contributed by atoms with Gasteiger partial charge in [0.2, 0.25) is 0 Å². The lowest BCUT2D eigenvalue weighted by atomic mass is 9.81. The Balaban J connectivity index is 1.55. The number of likely N-dealkylation sites (tertiary alicyclic amines) is 1. The molecule has 6 nitrogen and oxygen atoms in total. The van der Waals surface area contributed by atoms with Crippen LogP contribution in [0.3, 0.4) is 0 Å². The average Bonchev–Trinajstić information content (AvgIpc) is 3.56. The molecule has 0 bridgehead atoms. The van der Waals surface area contributed by atoms with E-state index in [1.807, 2.05) is 55.5 Å². The summed E-state index contributed by atoms with van der Waals surface area (Å²) in [4.78, 5) is 36.5. The SMILES string of the molecule is CCOC(=O)C1CCC(CC)N1C(=O)C1=C(C)N2C(=N[C@@](C)(c3ccc(Cl)cc3)[C@H]2c2ccc(Cl)cc2)S1. The van der Waals surface area contributed by atoms with E-state index in [9.17, 15) is 9.59 Å². The number of hydrogen-bond donors (Lipinski definition) is 0. The molecule has 3 aliphatic rings. The fourth-order valence-corrected chi connectivity index (χ4v) is 7.31. The van der Waals surface area contributed by atoms with Crippen LogP contribution in [0.2, 0.25) is 10.0 Å². The largest absolute Gasteiger partial charge is 0.464 e. The summed E-state index contributed by atoms with van der Waals surface area (Å²) in [5, 5.41) is 2.09. The predicted octanol–water partition coefficient (Wildman–Crippen LogP) is 6.93. The number of aliphatic imine (C=N–C) groups is 1. The van der Waals surface area contributed by atoms with Crippen molar-refractivity contribution in [3.05, 3.63) is 80.3 Å². The lowest BCUT2D eigenvalue weighted by molar-refractivity contribution is -0.152. The number of fused-ring (bicyclic) bond motifs is 1. The highest BCUT2D eigenvalue weighted by atomic mass is 35.5. The minimum absolute atomic E-state index is 0.00146. The molecule has 0 aliphatic carbocycles. The monoisotopic (exact) mass is 571 g/mol. The molecular formula is C29H31Cl2N3O3S. The van der Waals surface area contributed by atoms with Gasteiger partial charge in [-0.25, -0.2) is 9.79 Å².